The summed E-state index contributed by atoms with van der Waals surface area (Å²) in [6.07, 6.45) is 0. The molecular weight excluding hydrogens is 270 g/mol. The van der Waals surface area contributed by atoms with E-state index in [9.17, 15) is 4.57 Å². The standard InChI is InChI=1S/C10H13Cl2O3P/c1-3-14-16(13,15-4-2)8-5-6-9(11)10(12)7-8/h5-7H,3-4H2,1-2H3. The molecule has 6 heteroatoms. The van der Waals surface area contributed by atoms with Gasteiger partial charge >= 0.3 is 7.60 Å². The minimum absolute atomic E-state index is 0.303. The minimum Gasteiger partial charge on any atom is -0.305 e. The number of halogens is 2. The summed E-state index contributed by atoms with van der Waals surface area (Å²) in [7, 11) is -3.26. The van der Waals surface area contributed by atoms with E-state index in [-0.39, 0.29) is 0 Å². The summed E-state index contributed by atoms with van der Waals surface area (Å²) in [6, 6.07) is 4.68. The zero-order valence-corrected chi connectivity index (χ0v) is 11.5. The highest BCUT2D eigenvalue weighted by atomic mass is 35.5. The summed E-state index contributed by atoms with van der Waals surface area (Å²) in [6.45, 7) is 4.11. The van der Waals surface area contributed by atoms with Crippen LogP contribution in [0.5, 0.6) is 0 Å². The quantitative estimate of drug-likeness (QED) is 0.769. The molecule has 0 amide bonds. The van der Waals surface area contributed by atoms with Gasteiger partial charge in [-0.3, -0.25) is 4.57 Å². The summed E-state index contributed by atoms with van der Waals surface area (Å²) in [5.74, 6) is 0. The summed E-state index contributed by atoms with van der Waals surface area (Å²) in [5, 5.41) is 1.16. The third-order valence-electron chi connectivity index (χ3n) is 1.82. The maximum absolute atomic E-state index is 12.3. The molecule has 0 aliphatic carbocycles. The first-order valence-corrected chi connectivity index (χ1v) is 7.18. The molecule has 1 rings (SSSR count). The van der Waals surface area contributed by atoms with Gasteiger partial charge in [0, 0.05) is 0 Å². The average molecular weight is 283 g/mol. The molecule has 0 saturated carbocycles. The van der Waals surface area contributed by atoms with Crippen LogP contribution in [0.4, 0.5) is 0 Å². The van der Waals surface area contributed by atoms with Gasteiger partial charge in [0.25, 0.3) is 0 Å². The molecule has 0 aliphatic heterocycles. The van der Waals surface area contributed by atoms with Gasteiger partial charge in [-0.05, 0) is 32.0 Å². The lowest BCUT2D eigenvalue weighted by atomic mass is 10.4. The minimum atomic E-state index is -3.26. The van der Waals surface area contributed by atoms with E-state index in [0.29, 0.717) is 28.6 Å². The Labute approximate surface area is 105 Å². The van der Waals surface area contributed by atoms with Crippen molar-refractivity contribution in [1.29, 1.82) is 0 Å². The number of rotatable bonds is 5. The van der Waals surface area contributed by atoms with Crippen LogP contribution in [-0.2, 0) is 13.6 Å². The van der Waals surface area contributed by atoms with Gasteiger partial charge in [0.15, 0.2) is 0 Å². The fraction of sp³-hybridized carbons (Fsp3) is 0.400. The lowest BCUT2D eigenvalue weighted by Crippen LogP contribution is -2.10. The molecule has 0 atom stereocenters. The molecule has 0 heterocycles. The van der Waals surface area contributed by atoms with Crippen LogP contribution in [0, 0.1) is 0 Å². The van der Waals surface area contributed by atoms with Gasteiger partial charge in [0.1, 0.15) is 0 Å². The van der Waals surface area contributed by atoms with Crippen molar-refractivity contribution in [2.45, 2.75) is 13.8 Å². The highest BCUT2D eigenvalue weighted by Gasteiger charge is 2.27. The molecule has 0 fully saturated rings. The maximum Gasteiger partial charge on any atom is 0.361 e. The van der Waals surface area contributed by atoms with Gasteiger partial charge in [0.2, 0.25) is 0 Å². The Morgan fingerprint density at radius 3 is 2.12 bits per heavy atom. The molecule has 0 saturated heterocycles. The predicted octanol–water partition coefficient (Wildman–Crippen LogP) is 3.88. The molecule has 1 aromatic rings. The van der Waals surface area contributed by atoms with Gasteiger partial charge in [-0.25, -0.2) is 0 Å². The van der Waals surface area contributed by atoms with Crippen LogP contribution in [0.1, 0.15) is 13.8 Å². The topological polar surface area (TPSA) is 35.5 Å². The molecule has 0 unspecified atom stereocenters. The van der Waals surface area contributed by atoms with E-state index < -0.39 is 7.60 Å². The van der Waals surface area contributed by atoms with Gasteiger partial charge in [-0.2, -0.15) is 0 Å². The van der Waals surface area contributed by atoms with Crippen molar-refractivity contribution in [2.24, 2.45) is 0 Å². The van der Waals surface area contributed by atoms with E-state index in [0.717, 1.165) is 0 Å². The van der Waals surface area contributed by atoms with Crippen molar-refractivity contribution < 1.29 is 13.6 Å². The van der Waals surface area contributed by atoms with E-state index in [2.05, 4.69) is 0 Å². The average Bonchev–Trinajstić information content (AvgIpc) is 2.22. The maximum atomic E-state index is 12.3. The summed E-state index contributed by atoms with van der Waals surface area (Å²) in [5.41, 5.74) is 0. The lowest BCUT2D eigenvalue weighted by molar-refractivity contribution is 0.230. The second-order valence-corrected chi connectivity index (χ2v) is 5.77. The normalized spacial score (nSPS) is 11.8. The molecule has 1 aromatic carbocycles. The van der Waals surface area contributed by atoms with Crippen molar-refractivity contribution in [3.8, 4) is 0 Å². The molecule has 0 N–H and O–H groups in total. The van der Waals surface area contributed by atoms with Crippen molar-refractivity contribution in [3.05, 3.63) is 28.2 Å². The molecule has 16 heavy (non-hydrogen) atoms. The van der Waals surface area contributed by atoms with Crippen LogP contribution in [0.3, 0.4) is 0 Å². The second-order valence-electron chi connectivity index (χ2n) is 2.93. The first-order chi connectivity index (χ1) is 7.53. The van der Waals surface area contributed by atoms with Gasteiger partial charge in [0.05, 0.1) is 28.6 Å². The third kappa shape index (κ3) is 3.22. The molecule has 0 radical (unpaired) electrons. The van der Waals surface area contributed by atoms with Gasteiger partial charge in [-0.1, -0.05) is 23.2 Å². The molecule has 0 aliphatic rings. The van der Waals surface area contributed by atoms with Gasteiger partial charge < -0.3 is 9.05 Å². The van der Waals surface area contributed by atoms with Crippen LogP contribution < -0.4 is 5.30 Å². The Hall–Kier alpha value is -0.0500. The van der Waals surface area contributed by atoms with Crippen LogP contribution in [0.15, 0.2) is 18.2 Å². The van der Waals surface area contributed by atoms with Crippen LogP contribution in [0.25, 0.3) is 0 Å². The lowest BCUT2D eigenvalue weighted by Gasteiger charge is -2.17. The number of hydrogen-bond donors (Lipinski definition) is 0. The Kier molecular flexibility index (Phi) is 5.29. The second kappa shape index (κ2) is 6.04. The fourth-order valence-corrected chi connectivity index (χ4v) is 3.15. The molecule has 0 spiro atoms. The molecule has 0 aromatic heterocycles. The van der Waals surface area contributed by atoms with E-state index in [1.54, 1.807) is 26.0 Å². The van der Waals surface area contributed by atoms with E-state index >= 15 is 0 Å². The number of hydrogen-bond acceptors (Lipinski definition) is 3. The van der Waals surface area contributed by atoms with Crippen LogP contribution in [-0.4, -0.2) is 13.2 Å². The fourth-order valence-electron chi connectivity index (χ4n) is 1.18. The Balaban J connectivity index is 3.11. The number of benzene rings is 1. The summed E-state index contributed by atoms with van der Waals surface area (Å²) >= 11 is 11.6. The molecule has 3 nitrogen and oxygen atoms in total. The van der Waals surface area contributed by atoms with Gasteiger partial charge in [-0.15, -0.1) is 0 Å². The first kappa shape index (κ1) is 14.0. The highest BCUT2D eigenvalue weighted by Crippen LogP contribution is 2.47. The highest BCUT2D eigenvalue weighted by molar-refractivity contribution is 7.62. The molecule has 0 bridgehead atoms. The largest absolute Gasteiger partial charge is 0.361 e. The van der Waals surface area contributed by atoms with E-state index in [1.807, 2.05) is 0 Å². The van der Waals surface area contributed by atoms with Crippen molar-refractivity contribution >= 4 is 36.1 Å². The van der Waals surface area contributed by atoms with Crippen molar-refractivity contribution in [3.63, 3.8) is 0 Å². The molecule has 90 valence electrons. The first-order valence-electron chi connectivity index (χ1n) is 4.88. The van der Waals surface area contributed by atoms with E-state index in [4.69, 9.17) is 32.2 Å². The van der Waals surface area contributed by atoms with Crippen molar-refractivity contribution in [1.82, 2.24) is 0 Å². The van der Waals surface area contributed by atoms with Crippen LogP contribution in [0.2, 0.25) is 10.0 Å². The zero-order chi connectivity index (χ0) is 12.2. The SMILES string of the molecule is CCOP(=O)(OCC)c1ccc(Cl)c(Cl)c1. The Morgan fingerprint density at radius 2 is 1.69 bits per heavy atom. The predicted molar refractivity (Wildman–Crippen MR) is 67.0 cm³/mol. The van der Waals surface area contributed by atoms with Crippen LogP contribution >= 0.6 is 30.8 Å². The molecular formula is C10H13Cl2O3P. The smallest absolute Gasteiger partial charge is 0.305 e. The Morgan fingerprint density at radius 1 is 1.12 bits per heavy atom. The summed E-state index contributed by atoms with van der Waals surface area (Å²) in [4.78, 5) is 0. The Bertz CT molecular complexity index is 399. The third-order valence-corrected chi connectivity index (χ3v) is 4.66. The monoisotopic (exact) mass is 282 g/mol. The van der Waals surface area contributed by atoms with E-state index in [1.165, 1.54) is 6.07 Å². The van der Waals surface area contributed by atoms with Crippen molar-refractivity contribution in [2.75, 3.05) is 13.2 Å². The summed E-state index contributed by atoms with van der Waals surface area (Å²) < 4.78 is 22.7. The zero-order valence-electron chi connectivity index (χ0n) is 9.07.